The molecule has 2 aromatic carbocycles. The molecule has 2 aliphatic heterocycles. The topological polar surface area (TPSA) is 51.1 Å². The highest BCUT2D eigenvalue weighted by atomic mass is 32.2. The van der Waals surface area contributed by atoms with E-state index in [-0.39, 0.29) is 12.0 Å². The van der Waals surface area contributed by atoms with E-state index < -0.39 is 0 Å². The summed E-state index contributed by atoms with van der Waals surface area (Å²) < 4.78 is 11.0. The number of benzene rings is 2. The molecule has 5 nitrogen and oxygen atoms in total. The molecular weight excluding hydrogens is 372 g/mol. The Labute approximate surface area is 169 Å². The normalized spacial score (nSPS) is 22.4. The Morgan fingerprint density at radius 2 is 2.00 bits per heavy atom. The highest BCUT2D eigenvalue weighted by molar-refractivity contribution is 8.18. The lowest BCUT2D eigenvalue weighted by molar-refractivity contribution is -0.123. The molecule has 2 fully saturated rings. The number of amides is 1. The van der Waals surface area contributed by atoms with Gasteiger partial charge in [0.05, 0.1) is 30.4 Å². The fourth-order valence-electron chi connectivity index (χ4n) is 3.21. The number of hydrogen-bond acceptors (Lipinski definition) is 5. The maximum atomic E-state index is 13.1. The van der Waals surface area contributed by atoms with Gasteiger partial charge in [-0.1, -0.05) is 30.3 Å². The zero-order valence-corrected chi connectivity index (χ0v) is 16.5. The van der Waals surface area contributed by atoms with Crippen molar-refractivity contribution in [3.05, 3.63) is 65.1 Å². The summed E-state index contributed by atoms with van der Waals surface area (Å²) in [6, 6.07) is 17.4. The van der Waals surface area contributed by atoms with Gasteiger partial charge >= 0.3 is 0 Å². The Balaban J connectivity index is 1.62. The largest absolute Gasteiger partial charge is 0.497 e. The van der Waals surface area contributed by atoms with Gasteiger partial charge in [-0.05, 0) is 60.5 Å². The number of carbonyl (C=O) groups is 1. The first kappa shape index (κ1) is 18.8. The van der Waals surface area contributed by atoms with Crippen molar-refractivity contribution in [2.75, 3.05) is 20.3 Å². The third-order valence-electron chi connectivity index (χ3n) is 4.69. The first-order valence-electron chi connectivity index (χ1n) is 9.34. The molecule has 0 spiro atoms. The molecule has 0 bridgehead atoms. The third-order valence-corrected chi connectivity index (χ3v) is 5.70. The van der Waals surface area contributed by atoms with Crippen LogP contribution in [0.15, 0.2) is 64.5 Å². The Kier molecular flexibility index (Phi) is 5.78. The highest BCUT2D eigenvalue weighted by Gasteiger charge is 2.35. The number of hydrogen-bond donors (Lipinski definition) is 0. The van der Waals surface area contributed by atoms with Crippen molar-refractivity contribution in [2.45, 2.75) is 18.9 Å². The molecule has 2 aliphatic rings. The Morgan fingerprint density at radius 1 is 1.21 bits per heavy atom. The number of thioether (sulfide) groups is 1. The van der Waals surface area contributed by atoms with E-state index in [2.05, 4.69) is 0 Å². The molecule has 0 radical (unpaired) electrons. The molecule has 1 atom stereocenters. The number of ether oxygens (including phenoxy) is 2. The number of carbonyl (C=O) groups excluding carboxylic acids is 1. The number of nitrogens with zero attached hydrogens (tertiary/aromatic N) is 2. The van der Waals surface area contributed by atoms with Gasteiger partial charge in [0.2, 0.25) is 0 Å². The van der Waals surface area contributed by atoms with Crippen molar-refractivity contribution in [1.29, 1.82) is 0 Å². The van der Waals surface area contributed by atoms with E-state index in [1.165, 1.54) is 11.8 Å². The maximum Gasteiger partial charge on any atom is 0.266 e. The quantitative estimate of drug-likeness (QED) is 0.702. The molecule has 2 aromatic rings. The molecule has 0 N–H and O–H groups in total. The van der Waals surface area contributed by atoms with Crippen molar-refractivity contribution in [2.24, 2.45) is 4.99 Å². The minimum absolute atomic E-state index is 0.0222. The van der Waals surface area contributed by atoms with E-state index in [0.717, 1.165) is 36.4 Å². The van der Waals surface area contributed by atoms with Crippen LogP contribution in [0.5, 0.6) is 5.75 Å². The summed E-state index contributed by atoms with van der Waals surface area (Å²) >= 11 is 1.41. The molecule has 1 amide bonds. The SMILES string of the molecule is COc1ccc(/C=C2/SC(=Nc3ccccc3)N(CC3CCCO3)C2=O)cc1. The van der Waals surface area contributed by atoms with E-state index in [1.807, 2.05) is 60.7 Å². The van der Waals surface area contributed by atoms with Gasteiger partial charge < -0.3 is 9.47 Å². The lowest BCUT2D eigenvalue weighted by Gasteiger charge is -2.19. The number of methoxy groups -OCH3 is 1. The zero-order chi connectivity index (χ0) is 19.3. The molecule has 6 heteroatoms. The van der Waals surface area contributed by atoms with Gasteiger partial charge in [-0.15, -0.1) is 0 Å². The average Bonchev–Trinajstić information content (AvgIpc) is 3.34. The van der Waals surface area contributed by atoms with Crippen molar-refractivity contribution in [3.8, 4) is 5.75 Å². The van der Waals surface area contributed by atoms with Crippen molar-refractivity contribution in [1.82, 2.24) is 4.90 Å². The fourth-order valence-corrected chi connectivity index (χ4v) is 4.22. The smallest absolute Gasteiger partial charge is 0.266 e. The Morgan fingerprint density at radius 3 is 2.68 bits per heavy atom. The first-order valence-corrected chi connectivity index (χ1v) is 10.2. The standard InChI is InChI=1S/C22H22N2O3S/c1-26-18-11-9-16(10-12-18)14-20-21(25)24(15-19-8-5-13-27-19)22(28-20)23-17-6-3-2-4-7-17/h2-4,6-7,9-12,14,19H,5,8,13,15H2,1H3/b20-14+,23-22?. The minimum Gasteiger partial charge on any atom is -0.497 e. The Hall–Kier alpha value is -2.57. The molecule has 2 heterocycles. The van der Waals surface area contributed by atoms with E-state index >= 15 is 0 Å². The molecule has 1 unspecified atom stereocenters. The van der Waals surface area contributed by atoms with Crippen LogP contribution in [0.2, 0.25) is 0 Å². The van der Waals surface area contributed by atoms with Gasteiger partial charge in [0.25, 0.3) is 5.91 Å². The lowest BCUT2D eigenvalue weighted by atomic mass is 10.2. The van der Waals surface area contributed by atoms with Crippen LogP contribution in [0.1, 0.15) is 18.4 Å². The number of amidine groups is 1. The van der Waals surface area contributed by atoms with Gasteiger partial charge in [0.1, 0.15) is 5.75 Å². The lowest BCUT2D eigenvalue weighted by Crippen LogP contribution is -2.36. The van der Waals surface area contributed by atoms with Crippen LogP contribution in [0.25, 0.3) is 6.08 Å². The third kappa shape index (κ3) is 4.29. The second-order valence-electron chi connectivity index (χ2n) is 6.66. The van der Waals surface area contributed by atoms with Crippen LogP contribution in [-0.4, -0.2) is 42.3 Å². The summed E-state index contributed by atoms with van der Waals surface area (Å²) in [6.07, 6.45) is 4.00. The predicted octanol–water partition coefficient (Wildman–Crippen LogP) is 4.48. The van der Waals surface area contributed by atoms with Gasteiger partial charge in [0.15, 0.2) is 5.17 Å². The number of aliphatic imine (C=N–C) groups is 1. The molecule has 144 valence electrons. The Bertz CT molecular complexity index is 888. The highest BCUT2D eigenvalue weighted by Crippen LogP contribution is 2.35. The van der Waals surface area contributed by atoms with Gasteiger partial charge in [0, 0.05) is 6.61 Å². The molecule has 4 rings (SSSR count). The maximum absolute atomic E-state index is 13.1. The van der Waals surface area contributed by atoms with Crippen molar-refractivity contribution in [3.63, 3.8) is 0 Å². The summed E-state index contributed by atoms with van der Waals surface area (Å²) in [5, 5.41) is 0.700. The van der Waals surface area contributed by atoms with Crippen LogP contribution in [0, 0.1) is 0 Å². The zero-order valence-electron chi connectivity index (χ0n) is 15.7. The van der Waals surface area contributed by atoms with Crippen molar-refractivity contribution >= 4 is 34.6 Å². The van der Waals surface area contributed by atoms with Gasteiger partial charge in [-0.25, -0.2) is 4.99 Å². The summed E-state index contributed by atoms with van der Waals surface area (Å²) in [7, 11) is 1.64. The minimum atomic E-state index is -0.0222. The van der Waals surface area contributed by atoms with E-state index in [4.69, 9.17) is 14.5 Å². The van der Waals surface area contributed by atoms with E-state index in [0.29, 0.717) is 16.6 Å². The second kappa shape index (κ2) is 8.63. The monoisotopic (exact) mass is 394 g/mol. The molecule has 2 saturated heterocycles. The molecule has 0 aromatic heterocycles. The van der Waals surface area contributed by atoms with Gasteiger partial charge in [-0.3, -0.25) is 9.69 Å². The van der Waals surface area contributed by atoms with Gasteiger partial charge in [-0.2, -0.15) is 0 Å². The van der Waals surface area contributed by atoms with Crippen LogP contribution < -0.4 is 4.74 Å². The molecule has 0 saturated carbocycles. The molecule has 28 heavy (non-hydrogen) atoms. The summed E-state index contributed by atoms with van der Waals surface area (Å²) in [5.41, 5.74) is 1.79. The van der Waals surface area contributed by atoms with Crippen LogP contribution in [0.3, 0.4) is 0 Å². The summed E-state index contributed by atoms with van der Waals surface area (Å²) in [6.45, 7) is 1.30. The summed E-state index contributed by atoms with van der Waals surface area (Å²) in [4.78, 5) is 20.2. The van der Waals surface area contributed by atoms with Crippen LogP contribution >= 0.6 is 11.8 Å². The number of rotatable bonds is 5. The fraction of sp³-hybridized carbons (Fsp3) is 0.273. The van der Waals surface area contributed by atoms with E-state index in [1.54, 1.807) is 12.0 Å². The van der Waals surface area contributed by atoms with Crippen LogP contribution in [0.4, 0.5) is 5.69 Å². The second-order valence-corrected chi connectivity index (χ2v) is 7.67. The van der Waals surface area contributed by atoms with Crippen LogP contribution in [-0.2, 0) is 9.53 Å². The van der Waals surface area contributed by atoms with E-state index in [9.17, 15) is 4.79 Å². The molecule has 0 aliphatic carbocycles. The predicted molar refractivity (Wildman–Crippen MR) is 113 cm³/mol. The van der Waals surface area contributed by atoms with Crippen molar-refractivity contribution < 1.29 is 14.3 Å². The number of para-hydroxylation sites is 1. The summed E-state index contributed by atoms with van der Waals surface area (Å²) in [5.74, 6) is 0.768. The average molecular weight is 394 g/mol. The molecular formula is C22H22N2O3S. The first-order chi connectivity index (χ1) is 13.7.